The molecule has 6 amide bonds. The third kappa shape index (κ3) is 10.2. The van der Waals surface area contributed by atoms with E-state index < -0.39 is 65.8 Å². The highest BCUT2D eigenvalue weighted by Crippen LogP contribution is 2.44. The van der Waals surface area contributed by atoms with E-state index in [1.165, 1.54) is 4.90 Å². The van der Waals surface area contributed by atoms with Gasteiger partial charge in [0, 0.05) is 48.9 Å². The number of amides is 6. The van der Waals surface area contributed by atoms with Crippen LogP contribution in [0.15, 0.2) is 79.0 Å². The third-order valence-electron chi connectivity index (χ3n) is 11.4. The fourth-order valence-electron chi connectivity index (χ4n) is 8.37. The predicted octanol–water partition coefficient (Wildman–Crippen LogP) is 2.19. The smallest absolute Gasteiger partial charge is 0.407 e. The average molecular weight is 835 g/mol. The number of primary amides is 1. The number of nitrogens with two attached hydrogens (primary N) is 1. The molecule has 2 saturated heterocycles. The van der Waals surface area contributed by atoms with Gasteiger partial charge in [-0.2, -0.15) is 5.48 Å². The quantitative estimate of drug-likeness (QED) is 0.130. The normalized spacial score (nSPS) is 21.4. The van der Waals surface area contributed by atoms with Crippen LogP contribution < -0.4 is 32.5 Å². The largest absolute Gasteiger partial charge is 0.449 e. The van der Waals surface area contributed by atoms with Crippen LogP contribution in [0, 0.1) is 0 Å². The van der Waals surface area contributed by atoms with Crippen molar-refractivity contribution < 1.29 is 43.1 Å². The number of fused-ring (bicyclic) bond motifs is 4. The number of hydroxylamine groups is 1. The molecule has 2 fully saturated rings. The first kappa shape index (κ1) is 42.4. The van der Waals surface area contributed by atoms with Crippen molar-refractivity contribution in [3.63, 3.8) is 0 Å². The minimum atomic E-state index is -1.34. The fourth-order valence-corrected chi connectivity index (χ4v) is 8.37. The molecule has 17 nitrogen and oxygen atoms in total. The van der Waals surface area contributed by atoms with Crippen molar-refractivity contribution >= 4 is 52.5 Å². The molecule has 61 heavy (non-hydrogen) atoms. The Bertz CT molecular complexity index is 2250. The number of aromatic amines is 1. The zero-order chi connectivity index (χ0) is 42.9. The molecule has 1 aliphatic carbocycles. The first-order valence-electron chi connectivity index (χ1n) is 20.6. The third-order valence-corrected chi connectivity index (χ3v) is 11.4. The summed E-state index contributed by atoms with van der Waals surface area (Å²) >= 11 is 0. The van der Waals surface area contributed by atoms with E-state index in [9.17, 15) is 33.6 Å². The number of rotatable bonds is 9. The number of H-pyrrole nitrogens is 1. The summed E-state index contributed by atoms with van der Waals surface area (Å²) in [5.74, 6) is -4.12. The zero-order valence-electron chi connectivity index (χ0n) is 33.6. The second-order valence-corrected chi connectivity index (χ2v) is 15.5. The Morgan fingerprint density at radius 3 is 2.31 bits per heavy atom. The van der Waals surface area contributed by atoms with Gasteiger partial charge in [0.15, 0.2) is 0 Å². The molecule has 17 heteroatoms. The molecule has 2 aliphatic heterocycles. The molecule has 4 aromatic rings. The minimum absolute atomic E-state index is 0.00597. The number of benzene rings is 3. The molecule has 320 valence electrons. The summed E-state index contributed by atoms with van der Waals surface area (Å²) in [5, 5.41) is 11.6. The van der Waals surface area contributed by atoms with Crippen molar-refractivity contribution in [2.45, 2.75) is 81.5 Å². The summed E-state index contributed by atoms with van der Waals surface area (Å²) in [4.78, 5) is 103. The molecule has 7 rings (SSSR count). The van der Waals surface area contributed by atoms with Gasteiger partial charge in [0.05, 0.1) is 6.54 Å². The van der Waals surface area contributed by atoms with Crippen LogP contribution in [0.2, 0.25) is 0 Å². The van der Waals surface area contributed by atoms with Gasteiger partial charge in [0.1, 0.15) is 30.8 Å². The number of likely N-dealkylation sites (tertiary alicyclic amines) is 1. The van der Waals surface area contributed by atoms with Crippen LogP contribution in [0.1, 0.15) is 67.6 Å². The summed E-state index contributed by atoms with van der Waals surface area (Å²) in [6, 6.07) is 18.6. The van der Waals surface area contributed by atoms with E-state index in [1.807, 2.05) is 72.8 Å². The van der Waals surface area contributed by atoms with E-state index >= 15 is 0 Å². The molecule has 0 saturated carbocycles. The van der Waals surface area contributed by atoms with E-state index in [1.54, 1.807) is 6.20 Å². The second-order valence-electron chi connectivity index (χ2n) is 15.5. The first-order valence-corrected chi connectivity index (χ1v) is 20.6. The number of carbonyl (C=O) groups excluding carboxylic acids is 7. The standard InChI is InChI=1S/C44H50N8O9/c45-38(53)24-47-42(57)37-17-9-21-52(37)43(58)35-16-7-8-20-48-61-39(54)19-18-34(40(55)50-36(41(56)49-35)22-26-23-46-33-15-6-5-10-27(26)33)51-44(59)60-25-32-30-13-3-1-11-28(30)29-12-2-4-14-31(29)32/h1-6,10-15,23,32,34-37,46,48H,7-9,16-22,24-25H2,(H2,45,53)(H,47,57)(H,49,56)(H,50,55)(H,51,59)/t34-,35?,36?,37+/m1/s1. The van der Waals surface area contributed by atoms with Crippen LogP contribution in [0.5, 0.6) is 0 Å². The second kappa shape index (κ2) is 19.5. The average Bonchev–Trinajstić information content (AvgIpc) is 4.00. The molecule has 3 aromatic carbocycles. The maximum Gasteiger partial charge on any atom is 0.407 e. The first-order chi connectivity index (χ1) is 29.6. The van der Waals surface area contributed by atoms with E-state index in [0.29, 0.717) is 31.2 Å². The Morgan fingerprint density at radius 1 is 0.836 bits per heavy atom. The number of hydrogen-bond donors (Lipinski definition) is 7. The number of para-hydroxylation sites is 1. The summed E-state index contributed by atoms with van der Waals surface area (Å²) in [6.07, 6.45) is 2.29. The Kier molecular flexibility index (Phi) is 13.6. The highest BCUT2D eigenvalue weighted by Gasteiger charge is 2.39. The van der Waals surface area contributed by atoms with Crippen molar-refractivity contribution in [1.82, 2.24) is 36.6 Å². The van der Waals surface area contributed by atoms with Crippen LogP contribution in [0.4, 0.5) is 4.79 Å². The van der Waals surface area contributed by atoms with Gasteiger partial charge in [-0.15, -0.1) is 0 Å². The van der Waals surface area contributed by atoms with Crippen LogP contribution in [-0.2, 0) is 44.8 Å². The van der Waals surface area contributed by atoms with Crippen LogP contribution in [0.3, 0.4) is 0 Å². The van der Waals surface area contributed by atoms with Crippen molar-refractivity contribution in [3.05, 3.63) is 95.7 Å². The Morgan fingerprint density at radius 2 is 1.56 bits per heavy atom. The number of nitrogens with zero attached hydrogens (tertiary/aromatic N) is 1. The molecule has 3 heterocycles. The number of ether oxygens (including phenoxy) is 1. The summed E-state index contributed by atoms with van der Waals surface area (Å²) in [6.45, 7) is 0.0664. The maximum absolute atomic E-state index is 14.4. The molecule has 1 aromatic heterocycles. The van der Waals surface area contributed by atoms with Gasteiger partial charge in [-0.3, -0.25) is 28.8 Å². The SMILES string of the molecule is NC(=O)CNC(=O)[C@@H]1CCCN1C(=O)C1CCCCNOC(=O)CC[C@@H](NC(=O)OCC2c3ccccc3-c3ccccc32)C(=O)NC(Cc2c[nH]c3ccccc23)C(=O)N1. The minimum Gasteiger partial charge on any atom is -0.449 e. The maximum atomic E-state index is 14.4. The van der Waals surface area contributed by atoms with E-state index in [2.05, 4.69) is 31.7 Å². The van der Waals surface area contributed by atoms with Crippen LogP contribution >= 0.6 is 0 Å². The van der Waals surface area contributed by atoms with Gasteiger partial charge in [0.25, 0.3) is 0 Å². The molecule has 0 bridgehead atoms. The molecule has 8 N–H and O–H groups in total. The van der Waals surface area contributed by atoms with Gasteiger partial charge in [0.2, 0.25) is 29.5 Å². The van der Waals surface area contributed by atoms with Crippen LogP contribution in [0.25, 0.3) is 22.0 Å². The molecule has 3 aliphatic rings. The van der Waals surface area contributed by atoms with Crippen molar-refractivity contribution in [2.75, 3.05) is 26.2 Å². The molecule has 4 atom stereocenters. The van der Waals surface area contributed by atoms with Gasteiger partial charge < -0.3 is 46.5 Å². The van der Waals surface area contributed by atoms with Gasteiger partial charge >= 0.3 is 12.1 Å². The Hall–Kier alpha value is -6.75. The highest BCUT2D eigenvalue weighted by molar-refractivity contribution is 5.97. The number of aromatic nitrogens is 1. The molecule has 0 radical (unpaired) electrons. The Balaban J connectivity index is 1.12. The number of alkyl carbamates (subject to hydrolysis) is 1. The monoisotopic (exact) mass is 834 g/mol. The van der Waals surface area contributed by atoms with Gasteiger partial charge in [-0.05, 0) is 72.4 Å². The highest BCUT2D eigenvalue weighted by atomic mass is 16.7. The summed E-state index contributed by atoms with van der Waals surface area (Å²) < 4.78 is 5.74. The Labute approximate surface area is 351 Å². The van der Waals surface area contributed by atoms with Gasteiger partial charge in [-0.1, -0.05) is 66.7 Å². The summed E-state index contributed by atoms with van der Waals surface area (Å²) in [7, 11) is 0. The van der Waals surface area contributed by atoms with E-state index in [4.69, 9.17) is 15.3 Å². The number of nitrogens with one attached hydrogen (secondary N) is 6. The molecule has 2 unspecified atom stereocenters. The lowest BCUT2D eigenvalue weighted by Gasteiger charge is -2.30. The lowest BCUT2D eigenvalue weighted by Crippen LogP contribution is -2.59. The van der Waals surface area contributed by atoms with Crippen molar-refractivity contribution in [3.8, 4) is 11.1 Å². The van der Waals surface area contributed by atoms with E-state index in [-0.39, 0.29) is 57.8 Å². The fraction of sp³-hybridized carbons (Fsp3) is 0.386. The van der Waals surface area contributed by atoms with Crippen molar-refractivity contribution in [1.29, 1.82) is 0 Å². The molecule has 0 spiro atoms. The zero-order valence-corrected chi connectivity index (χ0v) is 33.6. The lowest BCUT2D eigenvalue weighted by atomic mass is 9.98. The molecular formula is C44H50N8O9. The van der Waals surface area contributed by atoms with Crippen LogP contribution in [-0.4, -0.2) is 102 Å². The number of hydrogen-bond acceptors (Lipinski definition) is 10. The number of carbonyl (C=O) groups is 7. The topological polar surface area (TPSA) is 243 Å². The van der Waals surface area contributed by atoms with Gasteiger partial charge in [-0.25, -0.2) is 4.79 Å². The van der Waals surface area contributed by atoms with E-state index in [0.717, 1.165) is 33.2 Å². The molecular weight excluding hydrogens is 785 g/mol. The summed E-state index contributed by atoms with van der Waals surface area (Å²) in [5.41, 5.74) is 13.4. The predicted molar refractivity (Wildman–Crippen MR) is 222 cm³/mol. The lowest BCUT2D eigenvalue weighted by molar-refractivity contribution is -0.151. The van der Waals surface area contributed by atoms with Crippen molar-refractivity contribution in [2.24, 2.45) is 5.73 Å².